The van der Waals surface area contributed by atoms with E-state index in [1.807, 2.05) is 31.3 Å². The predicted molar refractivity (Wildman–Crippen MR) is 79.6 cm³/mol. The topological polar surface area (TPSA) is 49.4 Å². The summed E-state index contributed by atoms with van der Waals surface area (Å²) in [6.45, 7) is 1.58. The molecule has 1 aliphatic heterocycles. The number of nitrogens with zero attached hydrogens (tertiary/aromatic N) is 1. The second kappa shape index (κ2) is 6.11. The highest BCUT2D eigenvalue weighted by Crippen LogP contribution is 2.17. The molecule has 1 heterocycles. The van der Waals surface area contributed by atoms with Crippen LogP contribution in [0.25, 0.3) is 0 Å². The molecule has 0 radical (unpaired) electrons. The van der Waals surface area contributed by atoms with Crippen LogP contribution in [-0.4, -0.2) is 51.0 Å². The third kappa shape index (κ3) is 4.37. The number of hydrogen-bond donors (Lipinski definition) is 1. The summed E-state index contributed by atoms with van der Waals surface area (Å²) in [4.78, 5) is 2.11. The van der Waals surface area contributed by atoms with Crippen LogP contribution < -0.4 is 5.32 Å². The van der Waals surface area contributed by atoms with E-state index in [1.54, 1.807) is 0 Å². The standard InChI is InChI=1S/C13H19ClN2O2S/c1-16(13-5-8-19(17,18)10-13)7-6-15-12-4-2-3-11(14)9-12/h2-4,9,13,15H,5-8,10H2,1H3. The molecule has 1 aromatic rings. The van der Waals surface area contributed by atoms with E-state index in [0.717, 1.165) is 25.2 Å². The first-order chi connectivity index (χ1) is 8.96. The van der Waals surface area contributed by atoms with Gasteiger partial charge in [0.1, 0.15) is 0 Å². The number of rotatable bonds is 5. The first-order valence-corrected chi connectivity index (χ1v) is 8.56. The number of halogens is 1. The largest absolute Gasteiger partial charge is 0.384 e. The summed E-state index contributed by atoms with van der Waals surface area (Å²) in [5.41, 5.74) is 0.986. The van der Waals surface area contributed by atoms with Gasteiger partial charge in [-0.25, -0.2) is 8.42 Å². The van der Waals surface area contributed by atoms with Crippen LogP contribution in [0.2, 0.25) is 5.02 Å². The summed E-state index contributed by atoms with van der Waals surface area (Å²) in [5, 5.41) is 3.99. The molecule has 6 heteroatoms. The Balaban J connectivity index is 1.77. The lowest BCUT2D eigenvalue weighted by Crippen LogP contribution is -2.36. The molecule has 1 N–H and O–H groups in total. The van der Waals surface area contributed by atoms with Crippen LogP contribution in [0.4, 0.5) is 5.69 Å². The molecular weight excluding hydrogens is 284 g/mol. The van der Waals surface area contributed by atoms with Crippen LogP contribution in [0.3, 0.4) is 0 Å². The number of likely N-dealkylation sites (N-methyl/N-ethyl adjacent to an activating group) is 1. The maximum Gasteiger partial charge on any atom is 0.151 e. The highest BCUT2D eigenvalue weighted by molar-refractivity contribution is 7.91. The maximum atomic E-state index is 11.4. The SMILES string of the molecule is CN(CCNc1cccc(Cl)c1)C1CCS(=O)(=O)C1. The molecule has 106 valence electrons. The van der Waals surface area contributed by atoms with Crippen molar-refractivity contribution in [2.45, 2.75) is 12.5 Å². The molecule has 0 aliphatic carbocycles. The zero-order valence-electron chi connectivity index (χ0n) is 11.0. The molecule has 4 nitrogen and oxygen atoms in total. The van der Waals surface area contributed by atoms with E-state index in [9.17, 15) is 8.42 Å². The Morgan fingerprint density at radius 3 is 2.89 bits per heavy atom. The van der Waals surface area contributed by atoms with Crippen LogP contribution in [-0.2, 0) is 9.84 Å². The van der Waals surface area contributed by atoms with Crippen LogP contribution in [0, 0.1) is 0 Å². The van der Waals surface area contributed by atoms with Crippen molar-refractivity contribution in [1.82, 2.24) is 4.90 Å². The number of anilines is 1. The normalized spacial score (nSPS) is 21.7. The van der Waals surface area contributed by atoms with Crippen molar-refractivity contribution >= 4 is 27.1 Å². The Morgan fingerprint density at radius 2 is 2.26 bits per heavy atom. The summed E-state index contributed by atoms with van der Waals surface area (Å²) in [7, 11) is -0.825. The van der Waals surface area contributed by atoms with Gasteiger partial charge in [0.2, 0.25) is 0 Å². The van der Waals surface area contributed by atoms with Gasteiger partial charge in [0.25, 0.3) is 0 Å². The highest BCUT2D eigenvalue weighted by atomic mass is 35.5. The first-order valence-electron chi connectivity index (χ1n) is 6.36. The third-order valence-electron chi connectivity index (χ3n) is 3.45. The quantitative estimate of drug-likeness (QED) is 0.902. The van der Waals surface area contributed by atoms with Crippen molar-refractivity contribution in [2.24, 2.45) is 0 Å². The van der Waals surface area contributed by atoms with E-state index >= 15 is 0 Å². The molecule has 0 spiro atoms. The maximum absolute atomic E-state index is 11.4. The van der Waals surface area contributed by atoms with Gasteiger partial charge < -0.3 is 10.2 Å². The van der Waals surface area contributed by atoms with Gasteiger partial charge in [-0.2, -0.15) is 0 Å². The molecule has 1 aliphatic rings. The lowest BCUT2D eigenvalue weighted by molar-refractivity contribution is 0.272. The molecule has 0 bridgehead atoms. The van der Waals surface area contributed by atoms with Gasteiger partial charge in [-0.3, -0.25) is 0 Å². The summed E-state index contributed by atoms with van der Waals surface area (Å²) in [6, 6.07) is 7.74. The average Bonchev–Trinajstić information content (AvgIpc) is 2.70. The molecule has 1 saturated heterocycles. The predicted octanol–water partition coefficient (Wildman–Crippen LogP) is 1.87. The van der Waals surface area contributed by atoms with Crippen LogP contribution >= 0.6 is 11.6 Å². The van der Waals surface area contributed by atoms with Crippen LogP contribution in [0.5, 0.6) is 0 Å². The van der Waals surface area contributed by atoms with Gasteiger partial charge in [0.15, 0.2) is 9.84 Å². The Kier molecular flexibility index (Phi) is 4.71. The van der Waals surface area contributed by atoms with E-state index in [-0.39, 0.29) is 6.04 Å². The van der Waals surface area contributed by atoms with E-state index < -0.39 is 9.84 Å². The fraction of sp³-hybridized carbons (Fsp3) is 0.538. The van der Waals surface area contributed by atoms with Crippen molar-refractivity contribution in [3.63, 3.8) is 0 Å². The lowest BCUT2D eigenvalue weighted by Gasteiger charge is -2.23. The van der Waals surface area contributed by atoms with Crippen molar-refractivity contribution in [1.29, 1.82) is 0 Å². The van der Waals surface area contributed by atoms with Crippen molar-refractivity contribution < 1.29 is 8.42 Å². The van der Waals surface area contributed by atoms with Gasteiger partial charge in [-0.1, -0.05) is 17.7 Å². The van der Waals surface area contributed by atoms with E-state index in [4.69, 9.17) is 11.6 Å². The van der Waals surface area contributed by atoms with Crippen LogP contribution in [0.15, 0.2) is 24.3 Å². The minimum Gasteiger partial charge on any atom is -0.384 e. The summed E-state index contributed by atoms with van der Waals surface area (Å²) in [5.74, 6) is 0.615. The van der Waals surface area contributed by atoms with Gasteiger partial charge >= 0.3 is 0 Å². The number of hydrogen-bond acceptors (Lipinski definition) is 4. The molecule has 0 aromatic heterocycles. The summed E-state index contributed by atoms with van der Waals surface area (Å²) in [6.07, 6.45) is 0.746. The fourth-order valence-corrected chi connectivity index (χ4v) is 4.28. The molecule has 1 atom stereocenters. The second-order valence-corrected chi connectivity index (χ2v) is 7.64. The van der Waals surface area contributed by atoms with Gasteiger partial charge in [-0.05, 0) is 31.7 Å². The third-order valence-corrected chi connectivity index (χ3v) is 5.44. The highest BCUT2D eigenvalue weighted by Gasteiger charge is 2.30. The average molecular weight is 303 g/mol. The molecule has 2 rings (SSSR count). The molecule has 0 saturated carbocycles. The molecule has 1 fully saturated rings. The van der Waals surface area contributed by atoms with Crippen molar-refractivity contribution in [3.8, 4) is 0 Å². The fourth-order valence-electron chi connectivity index (χ4n) is 2.28. The molecule has 1 unspecified atom stereocenters. The summed E-state index contributed by atoms with van der Waals surface area (Å²) < 4.78 is 22.8. The lowest BCUT2D eigenvalue weighted by atomic mass is 10.2. The van der Waals surface area contributed by atoms with Crippen molar-refractivity contribution in [3.05, 3.63) is 29.3 Å². The Morgan fingerprint density at radius 1 is 1.47 bits per heavy atom. The van der Waals surface area contributed by atoms with E-state index in [2.05, 4.69) is 10.2 Å². The molecular formula is C13H19ClN2O2S. The van der Waals surface area contributed by atoms with Crippen LogP contribution in [0.1, 0.15) is 6.42 Å². The second-order valence-electron chi connectivity index (χ2n) is 4.97. The molecule has 19 heavy (non-hydrogen) atoms. The number of benzene rings is 1. The van der Waals surface area contributed by atoms with Crippen molar-refractivity contribution in [2.75, 3.05) is 37.0 Å². The Labute approximate surface area is 119 Å². The molecule has 0 amide bonds. The monoisotopic (exact) mass is 302 g/mol. The Bertz CT molecular complexity index is 533. The summed E-state index contributed by atoms with van der Waals surface area (Å²) >= 11 is 5.90. The van der Waals surface area contributed by atoms with E-state index in [0.29, 0.717) is 16.5 Å². The van der Waals surface area contributed by atoms with Gasteiger partial charge in [-0.15, -0.1) is 0 Å². The molecule has 1 aromatic carbocycles. The zero-order valence-corrected chi connectivity index (χ0v) is 12.5. The zero-order chi connectivity index (χ0) is 13.9. The minimum atomic E-state index is -2.80. The Hall–Kier alpha value is -0.780. The van der Waals surface area contributed by atoms with Gasteiger partial charge in [0, 0.05) is 29.8 Å². The van der Waals surface area contributed by atoms with Gasteiger partial charge in [0.05, 0.1) is 11.5 Å². The number of sulfone groups is 1. The minimum absolute atomic E-state index is 0.158. The number of nitrogens with one attached hydrogen (secondary N) is 1. The first kappa shape index (κ1) is 14.6. The smallest absolute Gasteiger partial charge is 0.151 e. The van der Waals surface area contributed by atoms with E-state index in [1.165, 1.54) is 0 Å².